The van der Waals surface area contributed by atoms with Gasteiger partial charge in [0, 0.05) is 49.5 Å². The van der Waals surface area contributed by atoms with Crippen LogP contribution in [0.2, 0.25) is 0 Å². The maximum atomic E-state index is 12.7. The van der Waals surface area contributed by atoms with Gasteiger partial charge in [0.15, 0.2) is 0 Å². The van der Waals surface area contributed by atoms with Crippen molar-refractivity contribution in [3.05, 3.63) is 53.5 Å². The second-order valence-corrected chi connectivity index (χ2v) is 9.12. The predicted octanol–water partition coefficient (Wildman–Crippen LogP) is 4.76. The monoisotopic (exact) mass is 446 g/mol. The van der Waals surface area contributed by atoms with Crippen molar-refractivity contribution in [2.75, 3.05) is 36.4 Å². The molecule has 3 aromatic rings. The number of benzene rings is 1. The van der Waals surface area contributed by atoms with E-state index in [4.69, 9.17) is 4.52 Å². The number of pyridine rings is 1. The molecule has 33 heavy (non-hydrogen) atoms. The molecule has 2 aromatic heterocycles. The minimum atomic E-state index is -0.0573. The van der Waals surface area contributed by atoms with E-state index in [1.807, 2.05) is 43.0 Å². The van der Waals surface area contributed by atoms with Crippen LogP contribution >= 0.6 is 0 Å². The lowest BCUT2D eigenvalue weighted by Gasteiger charge is -2.35. The highest BCUT2D eigenvalue weighted by atomic mass is 16.5. The molecule has 1 saturated carbocycles. The normalized spacial score (nSPS) is 16.9. The van der Waals surface area contributed by atoms with Gasteiger partial charge in [0.25, 0.3) is 0 Å². The third-order valence-electron chi connectivity index (χ3n) is 6.52. The van der Waals surface area contributed by atoms with Crippen molar-refractivity contribution in [2.24, 2.45) is 0 Å². The van der Waals surface area contributed by atoms with Gasteiger partial charge in [-0.15, -0.1) is 0 Å². The summed E-state index contributed by atoms with van der Waals surface area (Å²) in [6.45, 7) is 6.84. The average molecular weight is 447 g/mol. The van der Waals surface area contributed by atoms with Crippen LogP contribution in [0.15, 0.2) is 41.1 Å². The molecule has 5 rings (SSSR count). The van der Waals surface area contributed by atoms with Crippen LogP contribution in [0.1, 0.15) is 48.6 Å². The van der Waals surface area contributed by atoms with Gasteiger partial charge in [0.2, 0.25) is 11.7 Å². The van der Waals surface area contributed by atoms with Gasteiger partial charge in [0.05, 0.1) is 0 Å². The van der Waals surface area contributed by atoms with Crippen molar-refractivity contribution < 1.29 is 9.32 Å². The van der Waals surface area contributed by atoms with E-state index in [-0.39, 0.29) is 6.03 Å². The summed E-state index contributed by atoms with van der Waals surface area (Å²) in [5.41, 5.74) is 3.98. The number of urea groups is 1. The van der Waals surface area contributed by atoms with E-state index in [1.165, 1.54) is 12.8 Å². The largest absolute Gasteiger partial charge is 0.353 e. The summed E-state index contributed by atoms with van der Waals surface area (Å²) < 4.78 is 5.50. The zero-order valence-electron chi connectivity index (χ0n) is 19.3. The van der Waals surface area contributed by atoms with E-state index >= 15 is 0 Å². The Bertz CT molecular complexity index is 1090. The minimum absolute atomic E-state index is 0.0573. The highest BCUT2D eigenvalue weighted by Crippen LogP contribution is 2.34. The fourth-order valence-electron chi connectivity index (χ4n) is 4.78. The molecule has 3 heterocycles. The molecule has 0 radical (unpaired) electrons. The van der Waals surface area contributed by atoms with Crippen LogP contribution in [0.25, 0.3) is 11.4 Å². The number of hydrogen-bond donors (Lipinski definition) is 1. The van der Waals surface area contributed by atoms with E-state index in [1.54, 1.807) is 6.20 Å². The van der Waals surface area contributed by atoms with Gasteiger partial charge < -0.3 is 19.6 Å². The van der Waals surface area contributed by atoms with Crippen LogP contribution in [0, 0.1) is 13.8 Å². The maximum absolute atomic E-state index is 12.7. The molecule has 0 bridgehead atoms. The van der Waals surface area contributed by atoms with E-state index in [9.17, 15) is 4.79 Å². The Morgan fingerprint density at radius 1 is 1.03 bits per heavy atom. The summed E-state index contributed by atoms with van der Waals surface area (Å²) in [5.74, 6) is 2.65. The number of piperazine rings is 1. The number of amides is 2. The van der Waals surface area contributed by atoms with E-state index in [0.29, 0.717) is 24.8 Å². The second kappa shape index (κ2) is 9.21. The Hall–Kier alpha value is -3.42. The fourth-order valence-corrected chi connectivity index (χ4v) is 4.78. The Labute approximate surface area is 194 Å². The van der Waals surface area contributed by atoms with Gasteiger partial charge in [-0.05, 0) is 62.1 Å². The molecule has 172 valence electrons. The molecule has 1 N–H and O–H groups in total. The molecule has 2 amide bonds. The van der Waals surface area contributed by atoms with Gasteiger partial charge in [-0.25, -0.2) is 9.78 Å². The van der Waals surface area contributed by atoms with Crippen LogP contribution in [0.3, 0.4) is 0 Å². The number of rotatable bonds is 4. The number of nitrogens with one attached hydrogen (secondary N) is 1. The van der Waals surface area contributed by atoms with Crippen molar-refractivity contribution >= 4 is 17.5 Å². The molecule has 1 aromatic carbocycles. The summed E-state index contributed by atoms with van der Waals surface area (Å²) in [4.78, 5) is 26.0. The Morgan fingerprint density at radius 2 is 1.76 bits per heavy atom. The fraction of sp³-hybridized carbons (Fsp3) is 0.440. The molecular formula is C25H30N6O2. The van der Waals surface area contributed by atoms with E-state index in [0.717, 1.165) is 60.0 Å². The van der Waals surface area contributed by atoms with Gasteiger partial charge in [-0.3, -0.25) is 0 Å². The molecule has 0 spiro atoms. The molecule has 2 aliphatic rings. The number of carbonyl (C=O) groups excluding carboxylic acids is 1. The van der Waals surface area contributed by atoms with Crippen molar-refractivity contribution in [3.63, 3.8) is 0 Å². The first-order valence-electron chi connectivity index (χ1n) is 11.7. The van der Waals surface area contributed by atoms with Gasteiger partial charge >= 0.3 is 6.03 Å². The third-order valence-corrected chi connectivity index (χ3v) is 6.52. The van der Waals surface area contributed by atoms with Gasteiger partial charge in [0.1, 0.15) is 5.82 Å². The molecule has 2 fully saturated rings. The van der Waals surface area contributed by atoms with Crippen LogP contribution in [0.5, 0.6) is 0 Å². The molecule has 1 saturated heterocycles. The number of carbonyl (C=O) groups is 1. The van der Waals surface area contributed by atoms with Crippen molar-refractivity contribution in [3.8, 4) is 11.4 Å². The second-order valence-electron chi connectivity index (χ2n) is 9.12. The van der Waals surface area contributed by atoms with Gasteiger partial charge in [-0.1, -0.05) is 24.1 Å². The van der Waals surface area contributed by atoms with Gasteiger partial charge in [-0.2, -0.15) is 4.98 Å². The highest BCUT2D eigenvalue weighted by molar-refractivity contribution is 5.89. The summed E-state index contributed by atoms with van der Waals surface area (Å²) in [6, 6.07) is 10.0. The van der Waals surface area contributed by atoms with Crippen LogP contribution in [0.4, 0.5) is 16.3 Å². The van der Waals surface area contributed by atoms with E-state index < -0.39 is 0 Å². The summed E-state index contributed by atoms with van der Waals surface area (Å²) in [5, 5.41) is 7.18. The standard InChI is InChI=1S/C25H30N6O2/c1-17-13-18(2)15-21(14-17)27-25(32)31-11-9-30(10-12-31)22-8-7-20(16-26-22)23-28-24(33-29-23)19-5-3-4-6-19/h7-8,13-16,19H,3-6,9-12H2,1-2H3,(H,27,32). The molecule has 0 unspecified atom stereocenters. The Kier molecular flexibility index (Phi) is 5.98. The molecule has 1 aliphatic carbocycles. The lowest BCUT2D eigenvalue weighted by atomic mass is 10.1. The van der Waals surface area contributed by atoms with Crippen LogP contribution in [-0.2, 0) is 0 Å². The third kappa shape index (κ3) is 4.84. The van der Waals surface area contributed by atoms with Crippen LogP contribution < -0.4 is 10.2 Å². The van der Waals surface area contributed by atoms with Crippen molar-refractivity contribution in [1.29, 1.82) is 0 Å². The first-order chi connectivity index (χ1) is 16.0. The highest BCUT2D eigenvalue weighted by Gasteiger charge is 2.24. The number of aryl methyl sites for hydroxylation is 2. The Morgan fingerprint density at radius 3 is 2.42 bits per heavy atom. The summed E-state index contributed by atoms with van der Waals surface area (Å²) >= 11 is 0. The van der Waals surface area contributed by atoms with Crippen LogP contribution in [-0.4, -0.2) is 52.2 Å². The SMILES string of the molecule is Cc1cc(C)cc(NC(=O)N2CCN(c3ccc(-c4noc(C5CCCC5)n4)cn3)CC2)c1. The lowest BCUT2D eigenvalue weighted by molar-refractivity contribution is 0.208. The molecule has 0 atom stereocenters. The molecule has 8 heteroatoms. The molecule has 8 nitrogen and oxygen atoms in total. The number of anilines is 2. The zero-order chi connectivity index (χ0) is 22.8. The number of hydrogen-bond acceptors (Lipinski definition) is 6. The summed E-state index contributed by atoms with van der Waals surface area (Å²) in [7, 11) is 0. The number of aromatic nitrogens is 3. The quantitative estimate of drug-likeness (QED) is 0.622. The molecular weight excluding hydrogens is 416 g/mol. The average Bonchev–Trinajstić information content (AvgIpc) is 3.51. The number of nitrogens with zero attached hydrogens (tertiary/aromatic N) is 5. The molecule has 1 aliphatic heterocycles. The van der Waals surface area contributed by atoms with Crippen molar-refractivity contribution in [1.82, 2.24) is 20.0 Å². The smallest absolute Gasteiger partial charge is 0.321 e. The van der Waals surface area contributed by atoms with Crippen molar-refractivity contribution in [2.45, 2.75) is 45.4 Å². The maximum Gasteiger partial charge on any atom is 0.321 e. The minimum Gasteiger partial charge on any atom is -0.353 e. The zero-order valence-corrected chi connectivity index (χ0v) is 19.3. The van der Waals surface area contributed by atoms with E-state index in [2.05, 4.69) is 31.4 Å². The first-order valence-corrected chi connectivity index (χ1v) is 11.7. The summed E-state index contributed by atoms with van der Waals surface area (Å²) in [6.07, 6.45) is 6.54. The topological polar surface area (TPSA) is 87.4 Å². The Balaban J connectivity index is 1.17. The first kappa shape index (κ1) is 21.4. The predicted molar refractivity (Wildman–Crippen MR) is 127 cm³/mol. The lowest BCUT2D eigenvalue weighted by Crippen LogP contribution is -2.50.